The van der Waals surface area contributed by atoms with Gasteiger partial charge in [0.25, 0.3) is 0 Å². The van der Waals surface area contributed by atoms with Crippen molar-refractivity contribution in [3.8, 4) is 0 Å². The van der Waals surface area contributed by atoms with Crippen molar-refractivity contribution in [1.82, 2.24) is 0 Å². The van der Waals surface area contributed by atoms with Crippen LogP contribution in [0, 0.1) is 5.92 Å². The summed E-state index contributed by atoms with van der Waals surface area (Å²) in [4.78, 5) is 0. The first-order chi connectivity index (χ1) is 6.70. The van der Waals surface area contributed by atoms with Gasteiger partial charge in [-0.15, -0.1) is 0 Å². The number of rotatable bonds is 1. The van der Waals surface area contributed by atoms with E-state index in [1.807, 2.05) is 0 Å². The van der Waals surface area contributed by atoms with Crippen LogP contribution in [0.3, 0.4) is 0 Å². The second-order valence-corrected chi connectivity index (χ2v) is 4.51. The van der Waals surface area contributed by atoms with E-state index in [1.165, 1.54) is 24.0 Å². The Morgan fingerprint density at radius 2 is 1.79 bits per heavy atom. The molecule has 0 atom stereocenters. The largest absolute Gasteiger partial charge is 0.0689 e. The number of hydrogen-bond acceptors (Lipinski definition) is 0. The van der Waals surface area contributed by atoms with Gasteiger partial charge in [0.1, 0.15) is 0 Å². The fraction of sp³-hybridized carbons (Fsp3) is 0.429. The molecule has 0 saturated heterocycles. The maximum absolute atomic E-state index is 2.29. The van der Waals surface area contributed by atoms with E-state index in [0.29, 0.717) is 5.92 Å². The van der Waals surface area contributed by atoms with Gasteiger partial charge in [-0.3, -0.25) is 0 Å². The van der Waals surface area contributed by atoms with Crippen molar-refractivity contribution in [3.05, 3.63) is 41.0 Å². The normalized spacial score (nSPS) is 16.0. The first kappa shape index (κ1) is 9.51. The third kappa shape index (κ3) is 1.50. The van der Waals surface area contributed by atoms with Gasteiger partial charge >= 0.3 is 0 Å². The molecule has 1 aliphatic carbocycles. The highest BCUT2D eigenvalue weighted by atomic mass is 14.2. The Morgan fingerprint density at radius 1 is 1.07 bits per heavy atom. The number of aryl methyl sites for hydroxylation is 1. The maximum atomic E-state index is 2.29. The molecule has 0 heterocycles. The molecule has 0 unspecified atom stereocenters. The molecule has 2 rings (SSSR count). The Hall–Kier alpha value is -1.04. The van der Waals surface area contributed by atoms with Gasteiger partial charge in [0.15, 0.2) is 0 Å². The van der Waals surface area contributed by atoms with Gasteiger partial charge < -0.3 is 0 Å². The molecule has 14 heavy (non-hydrogen) atoms. The fourth-order valence-corrected chi connectivity index (χ4v) is 2.49. The van der Waals surface area contributed by atoms with Crippen LogP contribution in [0.15, 0.2) is 29.8 Å². The molecular weight excluding hydrogens is 168 g/mol. The number of allylic oxidation sites excluding steroid dienone is 2. The van der Waals surface area contributed by atoms with E-state index >= 15 is 0 Å². The van der Waals surface area contributed by atoms with E-state index in [0.717, 1.165) is 0 Å². The lowest BCUT2D eigenvalue weighted by Crippen LogP contribution is -2.07. The van der Waals surface area contributed by atoms with Crippen LogP contribution in [0.25, 0.3) is 5.57 Å². The molecule has 1 aromatic carbocycles. The van der Waals surface area contributed by atoms with Crippen LogP contribution in [0.1, 0.15) is 38.3 Å². The molecule has 0 saturated carbocycles. The van der Waals surface area contributed by atoms with Gasteiger partial charge in [-0.25, -0.2) is 0 Å². The Labute approximate surface area is 86.7 Å². The predicted octanol–water partition coefficient (Wildman–Crippen LogP) is 4.06. The molecular formula is C14H18. The van der Waals surface area contributed by atoms with E-state index < -0.39 is 0 Å². The van der Waals surface area contributed by atoms with Crippen molar-refractivity contribution >= 4 is 5.57 Å². The van der Waals surface area contributed by atoms with E-state index in [-0.39, 0.29) is 0 Å². The zero-order valence-corrected chi connectivity index (χ0v) is 9.30. The van der Waals surface area contributed by atoms with Gasteiger partial charge in [0.05, 0.1) is 0 Å². The van der Waals surface area contributed by atoms with Crippen molar-refractivity contribution in [3.63, 3.8) is 0 Å². The lowest BCUT2D eigenvalue weighted by atomic mass is 9.81. The highest BCUT2D eigenvalue weighted by molar-refractivity contribution is 5.73. The van der Waals surface area contributed by atoms with Crippen molar-refractivity contribution in [2.45, 2.75) is 33.6 Å². The van der Waals surface area contributed by atoms with E-state index in [2.05, 4.69) is 45.0 Å². The topological polar surface area (TPSA) is 0 Å². The molecule has 0 fully saturated rings. The summed E-state index contributed by atoms with van der Waals surface area (Å²) in [5, 5.41) is 0. The molecule has 0 nitrogen and oxygen atoms in total. The van der Waals surface area contributed by atoms with Crippen LogP contribution in [0.4, 0.5) is 0 Å². The summed E-state index contributed by atoms with van der Waals surface area (Å²) >= 11 is 0. The molecule has 0 aromatic heterocycles. The first-order valence-electron chi connectivity index (χ1n) is 5.48. The summed E-state index contributed by atoms with van der Waals surface area (Å²) in [6.07, 6.45) is 2.46. The second-order valence-electron chi connectivity index (χ2n) is 4.51. The summed E-state index contributed by atoms with van der Waals surface area (Å²) < 4.78 is 0. The van der Waals surface area contributed by atoms with E-state index in [4.69, 9.17) is 0 Å². The molecule has 74 valence electrons. The van der Waals surface area contributed by atoms with Gasteiger partial charge in [-0.1, -0.05) is 43.7 Å². The predicted molar refractivity (Wildman–Crippen MR) is 62.2 cm³/mol. The minimum atomic E-state index is 0.649. The molecule has 0 bridgehead atoms. The average molecular weight is 186 g/mol. The summed E-state index contributed by atoms with van der Waals surface area (Å²) in [7, 11) is 0. The van der Waals surface area contributed by atoms with Gasteiger partial charge in [-0.05, 0) is 42.4 Å². The van der Waals surface area contributed by atoms with Crippen LogP contribution in [-0.2, 0) is 6.42 Å². The highest BCUT2D eigenvalue weighted by Crippen LogP contribution is 2.35. The Bertz CT molecular complexity index is 369. The molecule has 0 heteroatoms. The van der Waals surface area contributed by atoms with Crippen LogP contribution in [0.5, 0.6) is 0 Å². The fourth-order valence-electron chi connectivity index (χ4n) is 2.49. The van der Waals surface area contributed by atoms with Crippen molar-refractivity contribution in [2.24, 2.45) is 5.92 Å². The SMILES string of the molecule is CC1=C(C(C)C)c2ccccc2CC1. The van der Waals surface area contributed by atoms with Crippen molar-refractivity contribution in [1.29, 1.82) is 0 Å². The monoisotopic (exact) mass is 186 g/mol. The minimum absolute atomic E-state index is 0.649. The lowest BCUT2D eigenvalue weighted by Gasteiger charge is -2.24. The third-order valence-corrected chi connectivity index (χ3v) is 3.11. The van der Waals surface area contributed by atoms with Crippen LogP contribution < -0.4 is 0 Å². The number of fused-ring (bicyclic) bond motifs is 1. The summed E-state index contributed by atoms with van der Waals surface area (Å²) in [6.45, 7) is 6.87. The Kier molecular flexibility index (Phi) is 2.45. The molecule has 1 aliphatic rings. The number of benzene rings is 1. The van der Waals surface area contributed by atoms with Gasteiger partial charge in [0.2, 0.25) is 0 Å². The van der Waals surface area contributed by atoms with E-state index in [9.17, 15) is 0 Å². The van der Waals surface area contributed by atoms with Crippen LogP contribution >= 0.6 is 0 Å². The standard InChI is InChI=1S/C14H18/c1-10(2)14-11(3)8-9-12-6-4-5-7-13(12)14/h4-7,10H,8-9H2,1-3H3. The van der Waals surface area contributed by atoms with Crippen molar-refractivity contribution < 1.29 is 0 Å². The number of hydrogen-bond donors (Lipinski definition) is 0. The summed E-state index contributed by atoms with van der Waals surface area (Å²) in [6, 6.07) is 8.84. The summed E-state index contributed by atoms with van der Waals surface area (Å²) in [5.74, 6) is 0.649. The van der Waals surface area contributed by atoms with Crippen LogP contribution in [0.2, 0.25) is 0 Å². The zero-order chi connectivity index (χ0) is 10.1. The third-order valence-electron chi connectivity index (χ3n) is 3.11. The average Bonchev–Trinajstić information content (AvgIpc) is 2.17. The van der Waals surface area contributed by atoms with Gasteiger partial charge in [-0.2, -0.15) is 0 Å². The zero-order valence-electron chi connectivity index (χ0n) is 9.30. The van der Waals surface area contributed by atoms with Crippen molar-refractivity contribution in [2.75, 3.05) is 0 Å². The van der Waals surface area contributed by atoms with Gasteiger partial charge in [0, 0.05) is 0 Å². The minimum Gasteiger partial charge on any atom is -0.0689 e. The Morgan fingerprint density at radius 3 is 2.50 bits per heavy atom. The molecule has 1 aromatic rings. The van der Waals surface area contributed by atoms with Crippen LogP contribution in [-0.4, -0.2) is 0 Å². The second kappa shape index (κ2) is 3.61. The molecule has 0 radical (unpaired) electrons. The molecule has 0 aliphatic heterocycles. The molecule has 0 amide bonds. The maximum Gasteiger partial charge on any atom is -0.0190 e. The van der Waals surface area contributed by atoms with E-state index in [1.54, 1.807) is 11.1 Å². The Balaban J connectivity index is 2.56. The lowest BCUT2D eigenvalue weighted by molar-refractivity contribution is 0.806. The summed E-state index contributed by atoms with van der Waals surface area (Å²) in [5.41, 5.74) is 6.18. The highest BCUT2D eigenvalue weighted by Gasteiger charge is 2.17. The quantitative estimate of drug-likeness (QED) is 0.620. The first-order valence-corrected chi connectivity index (χ1v) is 5.48. The smallest absolute Gasteiger partial charge is 0.0190 e. The molecule has 0 N–H and O–H groups in total. The molecule has 0 spiro atoms.